The summed E-state index contributed by atoms with van der Waals surface area (Å²) in [6.07, 6.45) is 1.69. The summed E-state index contributed by atoms with van der Waals surface area (Å²) >= 11 is 5.78. The molecule has 3 aromatic rings. The van der Waals surface area contributed by atoms with Gasteiger partial charge in [0.25, 0.3) is 0 Å². The van der Waals surface area contributed by atoms with Crippen molar-refractivity contribution in [2.24, 2.45) is 0 Å². The first kappa shape index (κ1) is 17.0. The molecule has 2 heterocycles. The summed E-state index contributed by atoms with van der Waals surface area (Å²) in [5.74, 6) is 2.65. The van der Waals surface area contributed by atoms with Crippen LogP contribution in [0.5, 0.6) is 11.5 Å². The minimum Gasteiger partial charge on any atom is -0.493 e. The van der Waals surface area contributed by atoms with Crippen LogP contribution in [-0.2, 0) is 13.2 Å². The van der Waals surface area contributed by atoms with E-state index in [-0.39, 0.29) is 0 Å². The number of halogens is 1. The normalized spacial score (nSPS) is 10.5. The third-order valence-electron chi connectivity index (χ3n) is 3.46. The number of aryl methyl sites for hydroxylation is 1. The highest BCUT2D eigenvalue weighted by molar-refractivity contribution is 6.29. The van der Waals surface area contributed by atoms with Gasteiger partial charge in [-0.25, -0.2) is 4.98 Å². The lowest BCUT2D eigenvalue weighted by atomic mass is 10.2. The molecule has 0 unspecified atom stereocenters. The summed E-state index contributed by atoms with van der Waals surface area (Å²) in [6, 6.07) is 9.37. The van der Waals surface area contributed by atoms with Gasteiger partial charge in [-0.1, -0.05) is 23.7 Å². The van der Waals surface area contributed by atoms with E-state index < -0.39 is 0 Å². The average Bonchev–Trinajstić information content (AvgIpc) is 3.05. The van der Waals surface area contributed by atoms with Crippen molar-refractivity contribution < 1.29 is 9.47 Å². The van der Waals surface area contributed by atoms with Crippen LogP contribution in [0.25, 0.3) is 0 Å². The van der Waals surface area contributed by atoms with Crippen LogP contribution in [0, 0.1) is 6.92 Å². The molecule has 0 saturated carbocycles. The van der Waals surface area contributed by atoms with Crippen LogP contribution in [0.15, 0.2) is 36.5 Å². The predicted octanol–water partition coefficient (Wildman–Crippen LogP) is 3.36. The maximum absolute atomic E-state index is 5.82. The lowest BCUT2D eigenvalue weighted by Gasteiger charge is -2.12. The maximum Gasteiger partial charge on any atom is 0.242 e. The Balaban J connectivity index is 1.63. The van der Waals surface area contributed by atoms with Gasteiger partial charge in [0.15, 0.2) is 11.5 Å². The van der Waals surface area contributed by atoms with E-state index in [2.05, 4.69) is 25.5 Å². The van der Waals surface area contributed by atoms with Crippen molar-refractivity contribution in [3.63, 3.8) is 0 Å². The van der Waals surface area contributed by atoms with E-state index >= 15 is 0 Å². The monoisotopic (exact) mass is 359 g/mol. The van der Waals surface area contributed by atoms with Crippen LogP contribution in [-0.4, -0.2) is 27.3 Å². The molecule has 0 radical (unpaired) electrons. The smallest absolute Gasteiger partial charge is 0.242 e. The molecule has 130 valence electrons. The van der Waals surface area contributed by atoms with Crippen molar-refractivity contribution in [2.45, 2.75) is 20.1 Å². The molecule has 0 atom stereocenters. The Kier molecular flexibility index (Phi) is 5.35. The molecule has 7 nitrogen and oxygen atoms in total. The first-order valence-electron chi connectivity index (χ1n) is 7.67. The molecule has 0 aliphatic rings. The van der Waals surface area contributed by atoms with Crippen LogP contribution in [0.2, 0.25) is 5.15 Å². The standard InChI is InChI=1S/C17H18ClN5O2/c1-11-21-17(23-22-11)20-8-12-3-5-14(15(7-12)24-2)25-10-13-4-6-16(18)19-9-13/h3-7,9H,8,10H2,1-2H3,(H2,20,21,22,23). The molecule has 25 heavy (non-hydrogen) atoms. The van der Waals surface area contributed by atoms with Gasteiger partial charge in [-0.3, -0.25) is 5.10 Å². The van der Waals surface area contributed by atoms with Gasteiger partial charge < -0.3 is 14.8 Å². The molecule has 0 saturated heterocycles. The fourth-order valence-corrected chi connectivity index (χ4v) is 2.31. The van der Waals surface area contributed by atoms with Crippen LogP contribution in [0.1, 0.15) is 17.0 Å². The molecule has 0 aliphatic heterocycles. The molecule has 2 aromatic heterocycles. The Labute approximate surface area is 150 Å². The van der Waals surface area contributed by atoms with Crippen molar-refractivity contribution in [3.05, 3.63) is 58.6 Å². The number of nitrogens with one attached hydrogen (secondary N) is 2. The Hall–Kier alpha value is -2.80. The first-order valence-corrected chi connectivity index (χ1v) is 8.05. The summed E-state index contributed by atoms with van der Waals surface area (Å²) in [5.41, 5.74) is 1.96. The van der Waals surface area contributed by atoms with Gasteiger partial charge in [0, 0.05) is 18.3 Å². The van der Waals surface area contributed by atoms with Crippen molar-refractivity contribution >= 4 is 17.5 Å². The van der Waals surface area contributed by atoms with Crippen molar-refractivity contribution in [2.75, 3.05) is 12.4 Å². The Bertz CT molecular complexity index is 835. The Morgan fingerprint density at radius 3 is 2.68 bits per heavy atom. The topological polar surface area (TPSA) is 85.0 Å². The zero-order valence-electron chi connectivity index (χ0n) is 13.9. The molecule has 0 bridgehead atoms. The number of hydrogen-bond donors (Lipinski definition) is 2. The largest absolute Gasteiger partial charge is 0.493 e. The second-order valence-corrected chi connectivity index (χ2v) is 5.75. The Morgan fingerprint density at radius 1 is 1.16 bits per heavy atom. The third-order valence-corrected chi connectivity index (χ3v) is 3.68. The van der Waals surface area contributed by atoms with Gasteiger partial charge >= 0.3 is 0 Å². The number of pyridine rings is 1. The number of aromatic amines is 1. The number of H-pyrrole nitrogens is 1. The van der Waals surface area contributed by atoms with E-state index in [1.54, 1.807) is 19.4 Å². The lowest BCUT2D eigenvalue weighted by Crippen LogP contribution is -2.03. The highest BCUT2D eigenvalue weighted by atomic mass is 35.5. The average molecular weight is 360 g/mol. The van der Waals surface area contributed by atoms with E-state index in [1.165, 1.54) is 0 Å². The third kappa shape index (κ3) is 4.60. The molecular formula is C17H18ClN5O2. The zero-order valence-corrected chi connectivity index (χ0v) is 14.7. The molecule has 3 rings (SSSR count). The molecule has 8 heteroatoms. The minimum atomic E-state index is 0.384. The van der Waals surface area contributed by atoms with Crippen molar-refractivity contribution in [3.8, 4) is 11.5 Å². The number of ether oxygens (including phenoxy) is 2. The molecule has 0 fully saturated rings. The number of rotatable bonds is 7. The van der Waals surface area contributed by atoms with Gasteiger partial charge in [-0.05, 0) is 30.7 Å². The van der Waals surface area contributed by atoms with E-state index in [0.29, 0.717) is 35.8 Å². The van der Waals surface area contributed by atoms with Gasteiger partial charge in [0.1, 0.15) is 17.6 Å². The van der Waals surface area contributed by atoms with Gasteiger partial charge in [-0.2, -0.15) is 4.98 Å². The maximum atomic E-state index is 5.82. The minimum absolute atomic E-state index is 0.384. The molecule has 2 N–H and O–H groups in total. The lowest BCUT2D eigenvalue weighted by molar-refractivity contribution is 0.284. The van der Waals surface area contributed by atoms with Crippen molar-refractivity contribution in [1.82, 2.24) is 20.2 Å². The molecule has 0 spiro atoms. The second kappa shape index (κ2) is 7.85. The van der Waals surface area contributed by atoms with Crippen LogP contribution >= 0.6 is 11.6 Å². The SMILES string of the molecule is COc1cc(CNc2n[nH]c(C)n2)ccc1OCc1ccc(Cl)nc1. The quantitative estimate of drug-likeness (QED) is 0.629. The fraction of sp³-hybridized carbons (Fsp3) is 0.235. The van der Waals surface area contributed by atoms with Gasteiger partial charge in [0.2, 0.25) is 5.95 Å². The second-order valence-electron chi connectivity index (χ2n) is 5.36. The molecule has 1 aromatic carbocycles. The van der Waals surface area contributed by atoms with E-state index in [4.69, 9.17) is 21.1 Å². The van der Waals surface area contributed by atoms with Crippen LogP contribution < -0.4 is 14.8 Å². The van der Waals surface area contributed by atoms with E-state index in [0.717, 1.165) is 17.0 Å². The number of hydrogen-bond acceptors (Lipinski definition) is 6. The van der Waals surface area contributed by atoms with E-state index in [1.807, 2.05) is 31.2 Å². The van der Waals surface area contributed by atoms with Crippen LogP contribution in [0.4, 0.5) is 5.95 Å². The van der Waals surface area contributed by atoms with Gasteiger partial charge in [-0.15, -0.1) is 5.10 Å². The van der Waals surface area contributed by atoms with Crippen LogP contribution in [0.3, 0.4) is 0 Å². The number of nitrogens with zero attached hydrogens (tertiary/aromatic N) is 3. The summed E-state index contributed by atoms with van der Waals surface area (Å²) in [7, 11) is 1.61. The van der Waals surface area contributed by atoms with E-state index in [9.17, 15) is 0 Å². The highest BCUT2D eigenvalue weighted by Gasteiger charge is 2.07. The fourth-order valence-electron chi connectivity index (χ4n) is 2.20. The first-order chi connectivity index (χ1) is 12.1. The highest BCUT2D eigenvalue weighted by Crippen LogP contribution is 2.29. The molecule has 0 amide bonds. The number of aromatic nitrogens is 4. The summed E-state index contributed by atoms with van der Waals surface area (Å²) < 4.78 is 11.2. The number of benzene rings is 1. The number of anilines is 1. The summed E-state index contributed by atoms with van der Waals surface area (Å²) in [5, 5.41) is 10.4. The molecule has 0 aliphatic carbocycles. The summed E-state index contributed by atoms with van der Waals surface area (Å²) in [6.45, 7) is 2.81. The van der Waals surface area contributed by atoms with Crippen molar-refractivity contribution in [1.29, 1.82) is 0 Å². The summed E-state index contributed by atoms with van der Waals surface area (Å²) in [4.78, 5) is 8.24. The number of methoxy groups -OCH3 is 1. The predicted molar refractivity (Wildman–Crippen MR) is 95.0 cm³/mol. The van der Waals surface area contributed by atoms with Gasteiger partial charge in [0.05, 0.1) is 7.11 Å². The zero-order chi connectivity index (χ0) is 17.6. The molecular weight excluding hydrogens is 342 g/mol. The Morgan fingerprint density at radius 2 is 2.00 bits per heavy atom.